The van der Waals surface area contributed by atoms with Gasteiger partial charge < -0.3 is 10.6 Å². The van der Waals surface area contributed by atoms with Gasteiger partial charge in [-0.2, -0.15) is 4.68 Å². The van der Waals surface area contributed by atoms with E-state index in [4.69, 9.17) is 11.6 Å². The topological polar surface area (TPSA) is 84.7 Å². The van der Waals surface area contributed by atoms with Crippen LogP contribution in [0.1, 0.15) is 29.7 Å². The van der Waals surface area contributed by atoms with Gasteiger partial charge in [-0.1, -0.05) is 46.5 Å². The molecular weight excluding hydrogens is 376 g/mol. The van der Waals surface area contributed by atoms with Crippen molar-refractivity contribution in [1.29, 1.82) is 0 Å². The zero-order chi connectivity index (χ0) is 19.8. The molecule has 1 amide bonds. The average molecular weight is 395 g/mol. The first-order chi connectivity index (χ1) is 13.4. The number of rotatable bonds is 3. The van der Waals surface area contributed by atoms with Crippen LogP contribution in [-0.2, 0) is 4.79 Å². The zero-order valence-electron chi connectivity index (χ0n) is 15.7. The lowest BCUT2D eigenvalue weighted by Crippen LogP contribution is -2.31. The van der Waals surface area contributed by atoms with E-state index in [2.05, 4.69) is 26.2 Å². The number of aromatic nitrogens is 4. The summed E-state index contributed by atoms with van der Waals surface area (Å²) in [6.45, 7) is 5.84. The summed E-state index contributed by atoms with van der Waals surface area (Å²) in [4.78, 5) is 13.3. The Balaban J connectivity index is 1.76. The number of hydrogen-bond acceptors (Lipinski definition) is 5. The number of fused-ring (bicyclic) bond motifs is 1. The number of allylic oxidation sites excluding steroid dienone is 1. The van der Waals surface area contributed by atoms with Gasteiger partial charge in [0.1, 0.15) is 6.04 Å². The molecule has 2 heterocycles. The van der Waals surface area contributed by atoms with E-state index < -0.39 is 6.04 Å². The predicted molar refractivity (Wildman–Crippen MR) is 108 cm³/mol. The number of nitrogens with one attached hydrogen (secondary N) is 2. The number of nitrogens with zero attached hydrogens (tertiary/aromatic N) is 4. The molecule has 0 fully saturated rings. The summed E-state index contributed by atoms with van der Waals surface area (Å²) >= 11 is 6.04. The fraction of sp³-hybridized carbons (Fsp3) is 0.200. The maximum atomic E-state index is 13.3. The Kier molecular flexibility index (Phi) is 4.60. The smallest absolute Gasteiger partial charge is 0.255 e. The van der Waals surface area contributed by atoms with Crippen LogP contribution in [0.3, 0.4) is 0 Å². The van der Waals surface area contributed by atoms with Crippen LogP contribution < -0.4 is 10.6 Å². The number of hydrogen-bond donors (Lipinski definition) is 2. The Morgan fingerprint density at radius 1 is 1.14 bits per heavy atom. The van der Waals surface area contributed by atoms with Crippen molar-refractivity contribution in [3.8, 4) is 0 Å². The molecule has 28 heavy (non-hydrogen) atoms. The van der Waals surface area contributed by atoms with Gasteiger partial charge in [0, 0.05) is 16.4 Å². The Bertz CT molecular complexity index is 1090. The van der Waals surface area contributed by atoms with Crippen molar-refractivity contribution >= 4 is 29.1 Å². The number of tetrazole rings is 1. The number of carbonyl (C=O) groups is 1. The van der Waals surface area contributed by atoms with Gasteiger partial charge >= 0.3 is 0 Å². The molecule has 0 spiro atoms. The molecule has 0 bridgehead atoms. The Morgan fingerprint density at radius 3 is 2.61 bits per heavy atom. The highest BCUT2D eigenvalue weighted by Crippen LogP contribution is 2.35. The van der Waals surface area contributed by atoms with Gasteiger partial charge in [0.05, 0.1) is 5.57 Å². The highest BCUT2D eigenvalue weighted by atomic mass is 35.5. The fourth-order valence-corrected chi connectivity index (χ4v) is 3.53. The third-order valence-electron chi connectivity index (χ3n) is 4.77. The minimum Gasteiger partial charge on any atom is -0.326 e. The molecule has 0 aliphatic carbocycles. The molecule has 1 aliphatic heterocycles. The first-order valence-electron chi connectivity index (χ1n) is 8.84. The van der Waals surface area contributed by atoms with Gasteiger partial charge in [-0.3, -0.25) is 4.79 Å². The number of aryl methyl sites for hydroxylation is 2. The number of carbonyl (C=O) groups excluding carboxylic acids is 1. The molecule has 2 aromatic carbocycles. The van der Waals surface area contributed by atoms with Gasteiger partial charge in [-0.15, -0.1) is 0 Å². The zero-order valence-corrected chi connectivity index (χ0v) is 16.4. The molecule has 3 aromatic rings. The monoisotopic (exact) mass is 394 g/mol. The van der Waals surface area contributed by atoms with E-state index in [1.807, 2.05) is 51.1 Å². The second-order valence-corrected chi connectivity index (χ2v) is 7.27. The van der Waals surface area contributed by atoms with E-state index in [0.29, 0.717) is 22.2 Å². The maximum Gasteiger partial charge on any atom is 0.255 e. The first-order valence-corrected chi connectivity index (χ1v) is 9.21. The minimum absolute atomic E-state index is 0.210. The molecule has 1 atom stereocenters. The van der Waals surface area contributed by atoms with Gasteiger partial charge in [-0.05, 0) is 60.5 Å². The van der Waals surface area contributed by atoms with Crippen molar-refractivity contribution in [3.05, 3.63) is 75.4 Å². The van der Waals surface area contributed by atoms with Crippen LogP contribution >= 0.6 is 11.6 Å². The van der Waals surface area contributed by atoms with Crippen LogP contribution in [0.4, 0.5) is 11.6 Å². The van der Waals surface area contributed by atoms with Gasteiger partial charge in [0.2, 0.25) is 5.95 Å². The summed E-state index contributed by atoms with van der Waals surface area (Å²) in [6, 6.07) is 12.8. The van der Waals surface area contributed by atoms with Crippen LogP contribution in [0.15, 0.2) is 53.7 Å². The summed E-state index contributed by atoms with van der Waals surface area (Å²) in [5.41, 5.74) is 5.02. The summed E-state index contributed by atoms with van der Waals surface area (Å²) in [5.74, 6) is 0.276. The second-order valence-electron chi connectivity index (χ2n) is 6.84. The molecule has 0 radical (unpaired) electrons. The SMILES string of the molecule is CC1=C(C(=O)Nc2ccc(C)cc2C)[C@H](c2ccc(Cl)cc2)n2nnnc2N1. The van der Waals surface area contributed by atoms with Crippen molar-refractivity contribution in [2.45, 2.75) is 26.8 Å². The normalized spacial score (nSPS) is 15.8. The fourth-order valence-electron chi connectivity index (χ4n) is 3.40. The Labute approximate surface area is 167 Å². The molecule has 0 unspecified atom stereocenters. The number of anilines is 2. The number of halogens is 1. The van der Waals surface area contributed by atoms with E-state index in [1.54, 1.807) is 16.8 Å². The van der Waals surface area contributed by atoms with Crippen molar-refractivity contribution in [2.75, 3.05) is 10.6 Å². The quantitative estimate of drug-likeness (QED) is 0.704. The van der Waals surface area contributed by atoms with E-state index in [0.717, 1.165) is 22.4 Å². The van der Waals surface area contributed by atoms with Gasteiger partial charge in [0.15, 0.2) is 0 Å². The maximum absolute atomic E-state index is 13.3. The van der Waals surface area contributed by atoms with E-state index in [9.17, 15) is 4.79 Å². The lowest BCUT2D eigenvalue weighted by Gasteiger charge is -2.28. The molecular formula is C20H19ClN6O. The molecule has 142 valence electrons. The molecule has 0 saturated carbocycles. The lowest BCUT2D eigenvalue weighted by molar-refractivity contribution is -0.113. The third kappa shape index (κ3) is 3.25. The van der Waals surface area contributed by atoms with Crippen LogP contribution in [0, 0.1) is 13.8 Å². The van der Waals surface area contributed by atoms with Crippen LogP contribution in [0.2, 0.25) is 5.02 Å². The highest BCUT2D eigenvalue weighted by Gasteiger charge is 2.34. The summed E-state index contributed by atoms with van der Waals surface area (Å²) in [5, 5.41) is 18.6. The van der Waals surface area contributed by atoms with Crippen molar-refractivity contribution < 1.29 is 4.79 Å². The molecule has 8 heteroatoms. The van der Waals surface area contributed by atoms with E-state index in [-0.39, 0.29) is 5.91 Å². The molecule has 4 rings (SSSR count). The van der Waals surface area contributed by atoms with Crippen molar-refractivity contribution in [3.63, 3.8) is 0 Å². The van der Waals surface area contributed by atoms with Crippen LogP contribution in [-0.4, -0.2) is 26.1 Å². The highest BCUT2D eigenvalue weighted by molar-refractivity contribution is 6.30. The predicted octanol–water partition coefficient (Wildman–Crippen LogP) is 3.87. The van der Waals surface area contributed by atoms with Crippen molar-refractivity contribution in [2.24, 2.45) is 0 Å². The Morgan fingerprint density at radius 2 is 1.89 bits per heavy atom. The van der Waals surface area contributed by atoms with Crippen molar-refractivity contribution in [1.82, 2.24) is 20.2 Å². The molecule has 2 N–H and O–H groups in total. The summed E-state index contributed by atoms with van der Waals surface area (Å²) in [6.07, 6.45) is 0. The number of benzene rings is 2. The standard InChI is InChI=1S/C20H19ClN6O/c1-11-4-9-16(12(2)10-11)23-19(28)17-13(3)22-20-24-25-26-27(20)18(17)14-5-7-15(21)8-6-14/h4-10,18H,1-3H3,(H,23,28)(H,22,24,26)/t18-/m0/s1. The largest absolute Gasteiger partial charge is 0.326 e. The van der Waals surface area contributed by atoms with Gasteiger partial charge in [0.25, 0.3) is 5.91 Å². The minimum atomic E-state index is -0.464. The number of amides is 1. The second kappa shape index (κ2) is 7.09. The van der Waals surface area contributed by atoms with E-state index >= 15 is 0 Å². The van der Waals surface area contributed by atoms with Crippen LogP contribution in [0.5, 0.6) is 0 Å². The van der Waals surface area contributed by atoms with E-state index in [1.165, 1.54) is 0 Å². The van der Waals surface area contributed by atoms with Crippen LogP contribution in [0.25, 0.3) is 0 Å². The molecule has 1 aliphatic rings. The average Bonchev–Trinajstić information content (AvgIpc) is 3.11. The summed E-state index contributed by atoms with van der Waals surface area (Å²) in [7, 11) is 0. The summed E-state index contributed by atoms with van der Waals surface area (Å²) < 4.78 is 1.60. The van der Waals surface area contributed by atoms with Gasteiger partial charge in [-0.25, -0.2) is 0 Å². The molecule has 1 aromatic heterocycles. The first kappa shape index (κ1) is 18.2. The third-order valence-corrected chi connectivity index (χ3v) is 5.03. The molecule has 0 saturated heterocycles. The molecule has 7 nitrogen and oxygen atoms in total. The Hall–Kier alpha value is -3.19. The lowest BCUT2D eigenvalue weighted by atomic mass is 9.95.